The minimum atomic E-state index is 0.160. The second-order valence-corrected chi connectivity index (χ2v) is 5.34. The fourth-order valence-corrected chi connectivity index (χ4v) is 2.58. The Labute approximate surface area is 118 Å². The first kappa shape index (κ1) is 13.0. The molecule has 1 heterocycles. The zero-order valence-corrected chi connectivity index (χ0v) is 11.6. The second-order valence-electron chi connectivity index (χ2n) is 5.34. The number of carbonyl (C=O) groups is 1. The fourth-order valence-electron chi connectivity index (χ4n) is 2.58. The Morgan fingerprint density at radius 1 is 1.45 bits per heavy atom. The lowest BCUT2D eigenvalue weighted by Gasteiger charge is -2.26. The molecule has 1 amide bonds. The van der Waals surface area contributed by atoms with Gasteiger partial charge in [0.25, 0.3) is 0 Å². The number of nitrogen functional groups attached to an aromatic ring is 1. The molecule has 2 aliphatic rings. The highest BCUT2D eigenvalue weighted by atomic mass is 16.5. The molecule has 0 radical (unpaired) electrons. The Morgan fingerprint density at radius 2 is 2.25 bits per heavy atom. The van der Waals surface area contributed by atoms with Crippen LogP contribution in [0, 0.1) is 5.92 Å². The van der Waals surface area contributed by atoms with Crippen molar-refractivity contribution in [2.24, 2.45) is 11.0 Å². The molecule has 1 aliphatic heterocycles. The van der Waals surface area contributed by atoms with Crippen molar-refractivity contribution < 1.29 is 9.53 Å². The second kappa shape index (κ2) is 5.15. The number of rotatable bonds is 3. The van der Waals surface area contributed by atoms with Crippen molar-refractivity contribution >= 4 is 17.3 Å². The number of amides is 1. The van der Waals surface area contributed by atoms with Gasteiger partial charge in [0.15, 0.2) is 0 Å². The van der Waals surface area contributed by atoms with Gasteiger partial charge in [-0.3, -0.25) is 4.79 Å². The van der Waals surface area contributed by atoms with Crippen molar-refractivity contribution in [2.45, 2.75) is 25.7 Å². The molecular weight excluding hydrogens is 254 g/mol. The van der Waals surface area contributed by atoms with Gasteiger partial charge in [-0.2, -0.15) is 5.10 Å². The molecule has 0 saturated heterocycles. The van der Waals surface area contributed by atoms with Crippen LogP contribution >= 0.6 is 0 Å². The van der Waals surface area contributed by atoms with Crippen molar-refractivity contribution in [3.8, 4) is 5.75 Å². The number of carbonyl (C=O) groups excluding carboxylic acids is 1. The first-order chi connectivity index (χ1) is 9.69. The first-order valence-corrected chi connectivity index (χ1v) is 7.02. The van der Waals surface area contributed by atoms with E-state index in [1.807, 2.05) is 18.2 Å². The number of benzene rings is 1. The zero-order valence-electron chi connectivity index (χ0n) is 11.6. The average Bonchev–Trinajstić information content (AvgIpc) is 2.86. The fraction of sp³-hybridized carbons (Fsp3) is 0.467. The van der Waals surface area contributed by atoms with Crippen molar-refractivity contribution in [3.63, 3.8) is 0 Å². The van der Waals surface area contributed by atoms with E-state index in [-0.39, 0.29) is 11.8 Å². The van der Waals surface area contributed by atoms with E-state index < -0.39 is 0 Å². The number of methoxy groups -OCH3 is 1. The number of nitrogens with zero attached hydrogens (tertiary/aromatic N) is 2. The zero-order chi connectivity index (χ0) is 14.1. The number of hydrazone groups is 1. The van der Waals surface area contributed by atoms with E-state index in [9.17, 15) is 4.79 Å². The van der Waals surface area contributed by atoms with Crippen LogP contribution in [0.3, 0.4) is 0 Å². The Bertz CT molecular complexity index is 564. The van der Waals surface area contributed by atoms with Gasteiger partial charge in [0.2, 0.25) is 5.91 Å². The topological polar surface area (TPSA) is 67.9 Å². The molecule has 1 aromatic rings. The van der Waals surface area contributed by atoms with E-state index in [2.05, 4.69) is 5.10 Å². The number of hydrogen-bond acceptors (Lipinski definition) is 4. The third-order valence-corrected chi connectivity index (χ3v) is 4.08. The highest BCUT2D eigenvalue weighted by molar-refractivity contribution is 6.06. The molecule has 1 aromatic carbocycles. The van der Waals surface area contributed by atoms with E-state index >= 15 is 0 Å². The van der Waals surface area contributed by atoms with Gasteiger partial charge >= 0.3 is 0 Å². The SMILES string of the molecule is COc1ccc(N)c(C2=NN(C(=O)C3CCC3)CC2)c1. The van der Waals surface area contributed by atoms with Gasteiger partial charge in [-0.1, -0.05) is 6.42 Å². The Morgan fingerprint density at radius 3 is 2.90 bits per heavy atom. The highest BCUT2D eigenvalue weighted by Crippen LogP contribution is 2.30. The molecule has 1 aliphatic carbocycles. The van der Waals surface area contributed by atoms with Crippen LogP contribution in [-0.4, -0.2) is 30.3 Å². The minimum absolute atomic E-state index is 0.160. The summed E-state index contributed by atoms with van der Waals surface area (Å²) < 4.78 is 5.22. The van der Waals surface area contributed by atoms with Gasteiger partial charge in [0.05, 0.1) is 19.4 Å². The van der Waals surface area contributed by atoms with Crippen LogP contribution in [0.15, 0.2) is 23.3 Å². The summed E-state index contributed by atoms with van der Waals surface area (Å²) in [6.45, 7) is 0.654. The van der Waals surface area contributed by atoms with Gasteiger partial charge < -0.3 is 10.5 Å². The maximum Gasteiger partial charge on any atom is 0.245 e. The predicted molar refractivity (Wildman–Crippen MR) is 77.6 cm³/mol. The van der Waals surface area contributed by atoms with Crippen molar-refractivity contribution in [3.05, 3.63) is 23.8 Å². The standard InChI is InChI=1S/C15H19N3O2/c1-20-11-5-6-13(16)12(9-11)14-7-8-18(17-14)15(19)10-3-2-4-10/h5-6,9-10H,2-4,7-8,16H2,1H3. The highest BCUT2D eigenvalue weighted by Gasteiger charge is 2.32. The molecule has 0 spiro atoms. The van der Waals surface area contributed by atoms with Crippen LogP contribution in [-0.2, 0) is 4.79 Å². The van der Waals surface area contributed by atoms with Crippen LogP contribution in [0.1, 0.15) is 31.2 Å². The minimum Gasteiger partial charge on any atom is -0.497 e. The third kappa shape index (κ3) is 2.24. The average molecular weight is 273 g/mol. The van der Waals surface area contributed by atoms with Gasteiger partial charge in [-0.25, -0.2) is 5.01 Å². The maximum atomic E-state index is 12.2. The molecule has 0 unspecified atom stereocenters. The summed E-state index contributed by atoms with van der Waals surface area (Å²) in [4.78, 5) is 12.2. The van der Waals surface area contributed by atoms with Gasteiger partial charge in [-0.15, -0.1) is 0 Å². The van der Waals surface area contributed by atoms with Crippen molar-refractivity contribution in [2.75, 3.05) is 19.4 Å². The smallest absolute Gasteiger partial charge is 0.245 e. The molecule has 5 nitrogen and oxygen atoms in total. The van der Waals surface area contributed by atoms with Crippen LogP contribution in [0.2, 0.25) is 0 Å². The molecule has 3 rings (SSSR count). The molecule has 2 N–H and O–H groups in total. The molecule has 5 heteroatoms. The first-order valence-electron chi connectivity index (χ1n) is 7.02. The molecular formula is C15H19N3O2. The molecule has 0 aromatic heterocycles. The van der Waals surface area contributed by atoms with Crippen LogP contribution in [0.25, 0.3) is 0 Å². The Hall–Kier alpha value is -2.04. The summed E-state index contributed by atoms with van der Waals surface area (Å²) in [7, 11) is 1.62. The quantitative estimate of drug-likeness (QED) is 0.857. The largest absolute Gasteiger partial charge is 0.497 e. The lowest BCUT2D eigenvalue weighted by molar-refractivity contribution is -0.137. The summed E-state index contributed by atoms with van der Waals surface area (Å²) >= 11 is 0. The normalized spacial score (nSPS) is 18.6. The molecule has 106 valence electrons. The van der Waals surface area contributed by atoms with E-state index in [4.69, 9.17) is 10.5 Å². The van der Waals surface area contributed by atoms with E-state index in [0.717, 1.165) is 42.7 Å². The monoisotopic (exact) mass is 273 g/mol. The van der Waals surface area contributed by atoms with E-state index in [1.54, 1.807) is 12.1 Å². The number of nitrogens with two attached hydrogens (primary N) is 1. The van der Waals surface area contributed by atoms with Crippen LogP contribution in [0.5, 0.6) is 5.75 Å². The number of anilines is 1. The van der Waals surface area contributed by atoms with Gasteiger partial charge in [-0.05, 0) is 31.0 Å². The lowest BCUT2D eigenvalue weighted by atomic mass is 9.84. The van der Waals surface area contributed by atoms with E-state index in [0.29, 0.717) is 12.2 Å². The van der Waals surface area contributed by atoms with Crippen LogP contribution in [0.4, 0.5) is 5.69 Å². The van der Waals surface area contributed by atoms with Crippen LogP contribution < -0.4 is 10.5 Å². The van der Waals surface area contributed by atoms with Gasteiger partial charge in [0.1, 0.15) is 5.75 Å². The Kier molecular flexibility index (Phi) is 3.34. The number of ether oxygens (including phenoxy) is 1. The lowest BCUT2D eigenvalue weighted by Crippen LogP contribution is -2.34. The molecule has 20 heavy (non-hydrogen) atoms. The molecule has 1 saturated carbocycles. The predicted octanol–water partition coefficient (Wildman–Crippen LogP) is 2.01. The summed E-state index contributed by atoms with van der Waals surface area (Å²) in [5.41, 5.74) is 8.41. The summed E-state index contributed by atoms with van der Waals surface area (Å²) in [5.74, 6) is 1.09. The summed E-state index contributed by atoms with van der Waals surface area (Å²) in [6.07, 6.45) is 3.91. The molecule has 1 fully saturated rings. The summed E-state index contributed by atoms with van der Waals surface area (Å²) in [5, 5.41) is 6.07. The van der Waals surface area contributed by atoms with Gasteiger partial charge in [0, 0.05) is 23.6 Å². The van der Waals surface area contributed by atoms with E-state index in [1.165, 1.54) is 0 Å². The third-order valence-electron chi connectivity index (χ3n) is 4.08. The van der Waals surface area contributed by atoms with Crippen molar-refractivity contribution in [1.82, 2.24) is 5.01 Å². The Balaban J connectivity index is 1.82. The van der Waals surface area contributed by atoms with Crippen molar-refractivity contribution in [1.29, 1.82) is 0 Å². The molecule has 0 atom stereocenters. The maximum absolute atomic E-state index is 12.2. The summed E-state index contributed by atoms with van der Waals surface area (Å²) in [6, 6.07) is 5.52. The molecule has 0 bridgehead atoms. The number of hydrogen-bond donors (Lipinski definition) is 1.